The number of rotatable bonds is 24. The SMILES string of the molecule is CC(C)C[C@H](NC(=O)C(CCc1ccccc1)CC(=O)CCCN(C)C)C(=O)C[C@@H](Cc1ccccc1)C(=O)N[C@@H](CC(C)C)C(=O)[C@@]1(C)CO1. The van der Waals surface area contributed by atoms with Gasteiger partial charge >= 0.3 is 0 Å². The number of hydrogen-bond acceptors (Lipinski definition) is 7. The number of carbonyl (C=O) groups excluding carboxylic acids is 5. The van der Waals surface area contributed by atoms with Gasteiger partial charge in [-0.3, -0.25) is 24.0 Å². The number of nitrogens with zero attached hydrogens (tertiary/aromatic N) is 1. The molecule has 1 fully saturated rings. The summed E-state index contributed by atoms with van der Waals surface area (Å²) >= 11 is 0. The summed E-state index contributed by atoms with van der Waals surface area (Å²) in [5, 5.41) is 6.02. The first-order valence-corrected chi connectivity index (χ1v) is 18.7. The number of benzene rings is 2. The fourth-order valence-corrected chi connectivity index (χ4v) is 6.47. The first kappa shape index (κ1) is 41.7. The highest BCUT2D eigenvalue weighted by atomic mass is 16.6. The molecule has 1 aliphatic rings. The molecular weight excluding hydrogens is 642 g/mol. The average Bonchev–Trinajstić information content (AvgIpc) is 3.83. The van der Waals surface area contributed by atoms with E-state index in [1.807, 2.05) is 107 Å². The molecule has 2 amide bonds. The van der Waals surface area contributed by atoms with Crippen molar-refractivity contribution in [2.75, 3.05) is 27.2 Å². The monoisotopic (exact) mass is 703 g/mol. The molecule has 9 nitrogen and oxygen atoms in total. The molecule has 51 heavy (non-hydrogen) atoms. The predicted molar refractivity (Wildman–Crippen MR) is 201 cm³/mol. The van der Waals surface area contributed by atoms with Gasteiger partial charge in [0.25, 0.3) is 0 Å². The largest absolute Gasteiger partial charge is 0.361 e. The van der Waals surface area contributed by atoms with Gasteiger partial charge in [-0.2, -0.15) is 0 Å². The zero-order valence-corrected chi connectivity index (χ0v) is 31.9. The Morgan fingerprint density at radius 3 is 1.84 bits per heavy atom. The molecule has 3 rings (SSSR count). The number of epoxide rings is 1. The summed E-state index contributed by atoms with van der Waals surface area (Å²) in [6.45, 7) is 10.8. The lowest BCUT2D eigenvalue weighted by atomic mass is 9.87. The number of carbonyl (C=O) groups is 5. The molecule has 9 heteroatoms. The molecule has 1 saturated heterocycles. The minimum absolute atomic E-state index is 0.0346. The average molecular weight is 704 g/mol. The van der Waals surface area contributed by atoms with Gasteiger partial charge in [0, 0.05) is 31.1 Å². The van der Waals surface area contributed by atoms with E-state index in [0.717, 1.165) is 17.7 Å². The van der Waals surface area contributed by atoms with Crippen molar-refractivity contribution < 1.29 is 28.7 Å². The van der Waals surface area contributed by atoms with Crippen molar-refractivity contribution in [3.63, 3.8) is 0 Å². The van der Waals surface area contributed by atoms with Crippen LogP contribution in [-0.4, -0.2) is 79.0 Å². The van der Waals surface area contributed by atoms with Crippen LogP contribution in [0, 0.1) is 23.7 Å². The molecule has 0 spiro atoms. The van der Waals surface area contributed by atoms with E-state index in [-0.39, 0.29) is 53.8 Å². The summed E-state index contributed by atoms with van der Waals surface area (Å²) in [5.41, 5.74) is 1.08. The molecular formula is C42H61N3O6. The van der Waals surface area contributed by atoms with E-state index in [9.17, 15) is 24.0 Å². The molecule has 1 aliphatic heterocycles. The van der Waals surface area contributed by atoms with Gasteiger partial charge in [-0.25, -0.2) is 0 Å². The van der Waals surface area contributed by atoms with Crippen LogP contribution < -0.4 is 10.6 Å². The normalized spacial score (nSPS) is 17.8. The molecule has 0 radical (unpaired) electrons. The van der Waals surface area contributed by atoms with Crippen LogP contribution in [0.2, 0.25) is 0 Å². The first-order valence-electron chi connectivity index (χ1n) is 18.7. The van der Waals surface area contributed by atoms with Gasteiger partial charge < -0.3 is 20.3 Å². The van der Waals surface area contributed by atoms with Crippen molar-refractivity contribution in [1.29, 1.82) is 0 Å². The number of ether oxygens (including phenoxy) is 1. The minimum atomic E-state index is -0.894. The van der Waals surface area contributed by atoms with Crippen LogP contribution in [0.5, 0.6) is 0 Å². The van der Waals surface area contributed by atoms with Crippen molar-refractivity contribution >= 4 is 29.2 Å². The molecule has 2 N–H and O–H groups in total. The molecule has 2 aromatic carbocycles. The van der Waals surface area contributed by atoms with Gasteiger partial charge in [-0.15, -0.1) is 0 Å². The number of amides is 2. The van der Waals surface area contributed by atoms with Gasteiger partial charge in [0.2, 0.25) is 11.8 Å². The molecule has 280 valence electrons. The van der Waals surface area contributed by atoms with Crippen molar-refractivity contribution in [2.45, 2.75) is 110 Å². The molecule has 1 heterocycles. The van der Waals surface area contributed by atoms with Crippen molar-refractivity contribution in [2.24, 2.45) is 23.7 Å². The molecule has 1 unspecified atom stereocenters. The van der Waals surface area contributed by atoms with E-state index >= 15 is 0 Å². The second-order valence-electron chi connectivity index (χ2n) is 15.7. The third-order valence-electron chi connectivity index (χ3n) is 9.52. The lowest BCUT2D eigenvalue weighted by molar-refractivity contribution is -0.135. The quantitative estimate of drug-likeness (QED) is 0.133. The van der Waals surface area contributed by atoms with Crippen LogP contribution in [0.15, 0.2) is 60.7 Å². The van der Waals surface area contributed by atoms with Crippen LogP contribution in [0.1, 0.15) is 90.7 Å². The van der Waals surface area contributed by atoms with Crippen LogP contribution in [0.3, 0.4) is 0 Å². The van der Waals surface area contributed by atoms with E-state index in [1.54, 1.807) is 6.92 Å². The number of nitrogens with one attached hydrogen (secondary N) is 2. The van der Waals surface area contributed by atoms with Crippen LogP contribution in [0.4, 0.5) is 0 Å². The Labute approximate surface area is 305 Å². The summed E-state index contributed by atoms with van der Waals surface area (Å²) < 4.78 is 5.42. The van der Waals surface area contributed by atoms with Gasteiger partial charge in [0.15, 0.2) is 11.6 Å². The highest BCUT2D eigenvalue weighted by Crippen LogP contribution is 2.30. The van der Waals surface area contributed by atoms with E-state index in [2.05, 4.69) is 10.6 Å². The zero-order chi connectivity index (χ0) is 37.6. The van der Waals surface area contributed by atoms with Crippen molar-refractivity contribution in [1.82, 2.24) is 15.5 Å². The van der Waals surface area contributed by atoms with Crippen LogP contribution >= 0.6 is 0 Å². The molecule has 0 saturated carbocycles. The standard InChI is InChI=1S/C42H61N3O6/c1-29(2)23-36(43-40(49)33(21-20-31-15-10-8-11-16-31)26-35(46)19-14-22-45(6)7)38(47)27-34(25-32-17-12-9-13-18-32)41(50)44-37(24-30(3)4)39(48)42(5)28-51-42/h8-13,15-18,29-30,33-34,36-37H,14,19-28H2,1-7H3,(H,43,49)(H,44,50)/t33?,34-,36+,37+,42-/m1/s1. The topological polar surface area (TPSA) is 125 Å². The van der Waals surface area contributed by atoms with Gasteiger partial charge in [0.05, 0.1) is 18.7 Å². The van der Waals surface area contributed by atoms with Crippen LogP contribution in [-0.2, 0) is 41.6 Å². The fraction of sp³-hybridized carbons (Fsp3) is 0.595. The van der Waals surface area contributed by atoms with Crippen molar-refractivity contribution in [3.8, 4) is 0 Å². The predicted octanol–water partition coefficient (Wildman–Crippen LogP) is 5.77. The Morgan fingerprint density at radius 2 is 1.29 bits per heavy atom. The molecule has 0 aliphatic carbocycles. The smallest absolute Gasteiger partial charge is 0.224 e. The van der Waals surface area contributed by atoms with E-state index in [1.165, 1.54) is 0 Å². The summed E-state index contributed by atoms with van der Waals surface area (Å²) in [6.07, 6.45) is 3.39. The second kappa shape index (κ2) is 20.4. The Hall–Kier alpha value is -3.69. The number of hydrogen-bond donors (Lipinski definition) is 2. The Balaban J connectivity index is 1.81. The molecule has 0 bridgehead atoms. The van der Waals surface area contributed by atoms with Gasteiger partial charge in [-0.1, -0.05) is 88.4 Å². The maximum Gasteiger partial charge on any atom is 0.224 e. The van der Waals surface area contributed by atoms with Gasteiger partial charge in [-0.05, 0) is 89.1 Å². The van der Waals surface area contributed by atoms with E-state index < -0.39 is 29.5 Å². The summed E-state index contributed by atoms with van der Waals surface area (Å²) in [5.74, 6) is -2.14. The maximum absolute atomic E-state index is 14.2. The third-order valence-corrected chi connectivity index (χ3v) is 9.52. The second-order valence-corrected chi connectivity index (χ2v) is 15.7. The lowest BCUT2D eigenvalue weighted by Gasteiger charge is -2.27. The minimum Gasteiger partial charge on any atom is -0.361 e. The van der Waals surface area contributed by atoms with E-state index in [4.69, 9.17) is 4.74 Å². The maximum atomic E-state index is 14.2. The third kappa shape index (κ3) is 14.8. The summed E-state index contributed by atoms with van der Waals surface area (Å²) in [4.78, 5) is 70.6. The Morgan fingerprint density at radius 1 is 0.765 bits per heavy atom. The lowest BCUT2D eigenvalue weighted by Crippen LogP contribution is -2.50. The van der Waals surface area contributed by atoms with E-state index in [0.29, 0.717) is 51.6 Å². The van der Waals surface area contributed by atoms with Gasteiger partial charge in [0.1, 0.15) is 11.4 Å². The molecule has 5 atom stereocenters. The molecule has 0 aromatic heterocycles. The zero-order valence-electron chi connectivity index (χ0n) is 31.9. The summed E-state index contributed by atoms with van der Waals surface area (Å²) in [6, 6.07) is 17.8. The van der Waals surface area contributed by atoms with Crippen molar-refractivity contribution in [3.05, 3.63) is 71.8 Å². The number of ketones is 3. The highest BCUT2D eigenvalue weighted by Gasteiger charge is 2.50. The highest BCUT2D eigenvalue weighted by molar-refractivity contribution is 5.98. The summed E-state index contributed by atoms with van der Waals surface area (Å²) in [7, 11) is 3.93. The first-order chi connectivity index (χ1) is 24.2. The Kier molecular flexibility index (Phi) is 16.7. The Bertz CT molecular complexity index is 1420. The number of Topliss-reactive ketones (excluding diaryl/α,β-unsaturated/α-hetero) is 3. The fourth-order valence-electron chi connectivity index (χ4n) is 6.47. The van der Waals surface area contributed by atoms with Crippen LogP contribution in [0.25, 0.3) is 0 Å². The number of aryl methyl sites for hydroxylation is 1. The molecule has 2 aromatic rings.